The van der Waals surface area contributed by atoms with Crippen molar-refractivity contribution in [2.75, 3.05) is 31.1 Å². The first-order chi connectivity index (χ1) is 20.2. The van der Waals surface area contributed by atoms with Gasteiger partial charge in [-0.3, -0.25) is 4.79 Å². The van der Waals surface area contributed by atoms with Crippen molar-refractivity contribution in [3.63, 3.8) is 0 Å². The van der Waals surface area contributed by atoms with Crippen molar-refractivity contribution < 1.29 is 14.1 Å². The molecule has 0 radical (unpaired) electrons. The summed E-state index contributed by atoms with van der Waals surface area (Å²) >= 11 is 0. The zero-order valence-electron chi connectivity index (χ0n) is 22.8. The molecule has 1 saturated carbocycles. The zero-order chi connectivity index (χ0) is 27.6. The Kier molecular flexibility index (Phi) is 6.80. The molecule has 2 aromatic heterocycles. The van der Waals surface area contributed by atoms with Gasteiger partial charge >= 0.3 is 0 Å². The molecule has 206 valence electrons. The predicted molar refractivity (Wildman–Crippen MR) is 157 cm³/mol. The number of amides is 1. The van der Waals surface area contributed by atoms with Crippen molar-refractivity contribution in [1.82, 2.24) is 20.0 Å². The highest BCUT2D eigenvalue weighted by Gasteiger charge is 2.32. The van der Waals surface area contributed by atoms with E-state index < -0.39 is 0 Å². The average molecular weight is 546 g/mol. The standard InChI is InChI=1S/C33H31N5O3/c39-33(24-11-7-12-24)38-19-17-37(18-20-38)31-29-30(25-13-8-16-27(22-25)40-26-14-5-2-6-15-26)36-41-32(29)35-28(34-31)21-23-9-3-1-4-10-23/h1-6,8-10,13-16,22,24H,7,11-12,17-21H2. The Morgan fingerprint density at radius 1 is 0.854 bits per heavy atom. The third-order valence-electron chi connectivity index (χ3n) is 8.00. The number of nitrogens with zero attached hydrogens (tertiary/aromatic N) is 5. The van der Waals surface area contributed by atoms with Crippen LogP contribution in [0, 0.1) is 5.92 Å². The third-order valence-corrected chi connectivity index (χ3v) is 8.00. The number of anilines is 1. The van der Waals surface area contributed by atoms with Gasteiger partial charge in [-0.25, -0.2) is 4.98 Å². The van der Waals surface area contributed by atoms with E-state index in [4.69, 9.17) is 19.2 Å². The average Bonchev–Trinajstić information content (AvgIpc) is 3.41. The molecule has 0 unspecified atom stereocenters. The van der Waals surface area contributed by atoms with E-state index >= 15 is 0 Å². The van der Waals surface area contributed by atoms with Crippen LogP contribution in [0.3, 0.4) is 0 Å². The highest BCUT2D eigenvalue weighted by Crippen LogP contribution is 2.36. The van der Waals surface area contributed by atoms with Crippen LogP contribution in [-0.2, 0) is 11.2 Å². The van der Waals surface area contributed by atoms with Crippen LogP contribution >= 0.6 is 0 Å². The lowest BCUT2D eigenvalue weighted by Gasteiger charge is -2.38. The van der Waals surface area contributed by atoms with Gasteiger partial charge in [0, 0.05) is 44.1 Å². The normalized spacial score (nSPS) is 15.6. The van der Waals surface area contributed by atoms with Crippen molar-refractivity contribution in [2.45, 2.75) is 25.7 Å². The molecular weight excluding hydrogens is 514 g/mol. The molecule has 0 atom stereocenters. The topological polar surface area (TPSA) is 84.6 Å². The number of benzene rings is 3. The van der Waals surface area contributed by atoms with E-state index in [0.29, 0.717) is 61.5 Å². The molecule has 0 N–H and O–H groups in total. The van der Waals surface area contributed by atoms with Gasteiger partial charge in [0.25, 0.3) is 5.71 Å². The summed E-state index contributed by atoms with van der Waals surface area (Å²) in [5.74, 6) is 3.45. The SMILES string of the molecule is O=C(C1CCC1)N1CCN(c2nc(Cc3ccccc3)nc3onc(-c4cccc(Oc5ccccc5)c4)c23)CC1. The van der Waals surface area contributed by atoms with Crippen LogP contribution in [0.2, 0.25) is 0 Å². The van der Waals surface area contributed by atoms with E-state index in [-0.39, 0.29) is 5.92 Å². The van der Waals surface area contributed by atoms with Gasteiger partial charge in [-0.05, 0) is 42.7 Å². The van der Waals surface area contributed by atoms with Crippen LogP contribution in [0.25, 0.3) is 22.4 Å². The Morgan fingerprint density at radius 3 is 2.32 bits per heavy atom. The lowest BCUT2D eigenvalue weighted by Crippen LogP contribution is -2.51. The number of piperazine rings is 1. The van der Waals surface area contributed by atoms with Crippen molar-refractivity contribution in [1.29, 1.82) is 0 Å². The fourth-order valence-electron chi connectivity index (χ4n) is 5.55. The molecule has 1 aliphatic carbocycles. The van der Waals surface area contributed by atoms with Gasteiger partial charge in [0.1, 0.15) is 34.2 Å². The first-order valence-corrected chi connectivity index (χ1v) is 14.3. The molecule has 7 rings (SSSR count). The molecule has 0 spiro atoms. The van der Waals surface area contributed by atoms with Crippen LogP contribution in [0.5, 0.6) is 11.5 Å². The molecule has 2 fully saturated rings. The first-order valence-electron chi connectivity index (χ1n) is 14.3. The summed E-state index contributed by atoms with van der Waals surface area (Å²) in [5.41, 5.74) is 3.11. The number of fused-ring (bicyclic) bond motifs is 1. The van der Waals surface area contributed by atoms with Gasteiger partial charge in [0.05, 0.1) is 0 Å². The summed E-state index contributed by atoms with van der Waals surface area (Å²) in [7, 11) is 0. The number of ether oxygens (including phenoxy) is 1. The van der Waals surface area contributed by atoms with E-state index in [1.54, 1.807) is 0 Å². The fraction of sp³-hybridized carbons (Fsp3) is 0.273. The van der Waals surface area contributed by atoms with Gasteiger partial charge in [-0.1, -0.05) is 72.2 Å². The molecule has 8 nitrogen and oxygen atoms in total. The maximum atomic E-state index is 12.9. The molecule has 5 aromatic rings. The quantitative estimate of drug-likeness (QED) is 0.244. The molecule has 1 saturated heterocycles. The first kappa shape index (κ1) is 25.3. The predicted octanol–water partition coefficient (Wildman–Crippen LogP) is 6.12. The van der Waals surface area contributed by atoms with Gasteiger partial charge in [-0.2, -0.15) is 4.98 Å². The second kappa shape index (κ2) is 11.0. The van der Waals surface area contributed by atoms with Gasteiger partial charge in [0.15, 0.2) is 0 Å². The maximum absolute atomic E-state index is 12.9. The van der Waals surface area contributed by atoms with Crippen molar-refractivity contribution in [3.05, 3.63) is 96.3 Å². The Balaban J connectivity index is 1.24. The Hall–Kier alpha value is -4.72. The van der Waals surface area contributed by atoms with E-state index in [0.717, 1.165) is 47.3 Å². The van der Waals surface area contributed by atoms with E-state index in [2.05, 4.69) is 22.2 Å². The lowest BCUT2D eigenvalue weighted by atomic mass is 9.84. The second-order valence-electron chi connectivity index (χ2n) is 10.7. The zero-order valence-corrected chi connectivity index (χ0v) is 22.8. The van der Waals surface area contributed by atoms with Crippen molar-refractivity contribution >= 4 is 22.8 Å². The number of rotatable bonds is 7. The summed E-state index contributed by atoms with van der Waals surface area (Å²) < 4.78 is 11.9. The van der Waals surface area contributed by atoms with Gasteiger partial charge in [0.2, 0.25) is 5.91 Å². The van der Waals surface area contributed by atoms with Crippen LogP contribution < -0.4 is 9.64 Å². The molecular formula is C33H31N5O3. The maximum Gasteiger partial charge on any atom is 0.263 e. The molecule has 3 heterocycles. The summed E-state index contributed by atoms with van der Waals surface area (Å²) in [6.45, 7) is 2.74. The Bertz CT molecular complexity index is 1660. The minimum absolute atomic E-state index is 0.208. The fourth-order valence-corrected chi connectivity index (χ4v) is 5.55. The lowest BCUT2D eigenvalue weighted by molar-refractivity contribution is -0.138. The van der Waals surface area contributed by atoms with Crippen LogP contribution in [0.4, 0.5) is 5.82 Å². The second-order valence-corrected chi connectivity index (χ2v) is 10.7. The largest absolute Gasteiger partial charge is 0.457 e. The van der Waals surface area contributed by atoms with E-state index in [9.17, 15) is 4.79 Å². The number of aromatic nitrogens is 3. The van der Waals surface area contributed by atoms with Crippen LogP contribution in [0.1, 0.15) is 30.7 Å². The Labute approximate surface area is 238 Å². The number of carbonyl (C=O) groups excluding carboxylic acids is 1. The summed E-state index contributed by atoms with van der Waals surface area (Å²) in [6, 6.07) is 27.7. The highest BCUT2D eigenvalue weighted by molar-refractivity contribution is 5.98. The molecule has 3 aromatic carbocycles. The molecule has 1 aliphatic heterocycles. The Morgan fingerprint density at radius 2 is 1.59 bits per heavy atom. The summed E-state index contributed by atoms with van der Waals surface area (Å²) in [6.07, 6.45) is 3.78. The van der Waals surface area contributed by atoms with Gasteiger partial charge in [-0.15, -0.1) is 0 Å². The number of carbonyl (C=O) groups is 1. The molecule has 8 heteroatoms. The number of para-hydroxylation sites is 1. The smallest absolute Gasteiger partial charge is 0.263 e. The van der Waals surface area contributed by atoms with Crippen molar-refractivity contribution in [3.8, 4) is 22.8 Å². The summed E-state index contributed by atoms with van der Waals surface area (Å²) in [4.78, 5) is 27.0. The van der Waals surface area contributed by atoms with E-state index in [1.807, 2.05) is 77.7 Å². The monoisotopic (exact) mass is 545 g/mol. The molecule has 2 aliphatic rings. The summed E-state index contributed by atoms with van der Waals surface area (Å²) in [5, 5.41) is 5.25. The number of hydrogen-bond donors (Lipinski definition) is 0. The molecule has 1 amide bonds. The van der Waals surface area contributed by atoms with Gasteiger partial charge < -0.3 is 19.1 Å². The minimum Gasteiger partial charge on any atom is -0.457 e. The third kappa shape index (κ3) is 5.25. The van der Waals surface area contributed by atoms with Crippen LogP contribution in [0.15, 0.2) is 89.5 Å². The number of hydrogen-bond acceptors (Lipinski definition) is 7. The highest BCUT2D eigenvalue weighted by atomic mass is 16.5. The minimum atomic E-state index is 0.208. The molecule has 41 heavy (non-hydrogen) atoms. The van der Waals surface area contributed by atoms with Crippen LogP contribution in [-0.4, -0.2) is 52.1 Å². The molecule has 0 bridgehead atoms. The van der Waals surface area contributed by atoms with E-state index in [1.165, 1.54) is 0 Å². The van der Waals surface area contributed by atoms with Crippen molar-refractivity contribution in [2.24, 2.45) is 5.92 Å².